The fraction of sp³-hybridized carbons (Fsp3) is 0.250. The minimum Gasteiger partial charge on any atom is -0.387 e. The van der Waals surface area contributed by atoms with Crippen LogP contribution < -0.4 is 5.32 Å². The number of hydrogen-bond acceptors (Lipinski definition) is 2. The Balaban J connectivity index is 2.69. The Labute approximate surface area is 102 Å². The Bertz CT molecular complexity index is 486. The number of hydrogen-bond donors (Lipinski definition) is 2. The molecular formula is C12H10F3NO2. The van der Waals surface area contributed by atoms with Crippen LogP contribution in [0.15, 0.2) is 24.3 Å². The SMILES string of the molecule is O=C(CO)NCC#Cc1cccc(C(F)(F)F)c1. The van der Waals surface area contributed by atoms with Crippen molar-refractivity contribution >= 4 is 5.91 Å². The summed E-state index contributed by atoms with van der Waals surface area (Å²) in [7, 11) is 0. The molecule has 0 fully saturated rings. The van der Waals surface area contributed by atoms with Crippen LogP contribution in [0.3, 0.4) is 0 Å². The van der Waals surface area contributed by atoms with Crippen LogP contribution in [-0.2, 0) is 11.0 Å². The van der Waals surface area contributed by atoms with Crippen LogP contribution in [0.4, 0.5) is 13.2 Å². The maximum Gasteiger partial charge on any atom is 0.416 e. The van der Waals surface area contributed by atoms with E-state index in [1.165, 1.54) is 12.1 Å². The molecule has 0 atom stereocenters. The predicted octanol–water partition coefficient (Wildman–Crippen LogP) is 1.17. The molecule has 0 aliphatic heterocycles. The summed E-state index contributed by atoms with van der Waals surface area (Å²) in [5, 5.41) is 10.7. The molecule has 0 unspecified atom stereocenters. The highest BCUT2D eigenvalue weighted by atomic mass is 19.4. The highest BCUT2D eigenvalue weighted by molar-refractivity contribution is 5.77. The van der Waals surface area contributed by atoms with Gasteiger partial charge in [0.25, 0.3) is 0 Å². The topological polar surface area (TPSA) is 49.3 Å². The number of halogens is 3. The van der Waals surface area contributed by atoms with Crippen molar-refractivity contribution in [2.24, 2.45) is 0 Å². The first kappa shape index (κ1) is 14.1. The lowest BCUT2D eigenvalue weighted by Gasteiger charge is -2.05. The fourth-order valence-electron chi connectivity index (χ4n) is 1.12. The first-order chi connectivity index (χ1) is 8.43. The van der Waals surface area contributed by atoms with Crippen molar-refractivity contribution in [3.63, 3.8) is 0 Å². The predicted molar refractivity (Wildman–Crippen MR) is 58.4 cm³/mol. The fourth-order valence-corrected chi connectivity index (χ4v) is 1.12. The molecular weight excluding hydrogens is 247 g/mol. The third kappa shape index (κ3) is 4.47. The van der Waals surface area contributed by atoms with E-state index in [2.05, 4.69) is 17.2 Å². The van der Waals surface area contributed by atoms with Crippen molar-refractivity contribution in [3.8, 4) is 11.8 Å². The number of aliphatic hydroxyl groups excluding tert-OH is 1. The summed E-state index contributed by atoms with van der Waals surface area (Å²) in [6.07, 6.45) is -4.40. The molecule has 18 heavy (non-hydrogen) atoms. The second kappa shape index (κ2) is 6.07. The van der Waals surface area contributed by atoms with Gasteiger partial charge in [0, 0.05) is 5.56 Å². The van der Waals surface area contributed by atoms with Crippen LogP contribution in [0.1, 0.15) is 11.1 Å². The van der Waals surface area contributed by atoms with Gasteiger partial charge in [-0.15, -0.1) is 0 Å². The number of rotatable bonds is 2. The number of alkyl halides is 3. The Morgan fingerprint density at radius 1 is 1.39 bits per heavy atom. The lowest BCUT2D eigenvalue weighted by molar-refractivity contribution is -0.137. The minimum atomic E-state index is -4.40. The lowest BCUT2D eigenvalue weighted by atomic mass is 10.1. The summed E-state index contributed by atoms with van der Waals surface area (Å²) < 4.78 is 37.1. The van der Waals surface area contributed by atoms with Gasteiger partial charge in [-0.25, -0.2) is 0 Å². The monoisotopic (exact) mass is 257 g/mol. The zero-order chi connectivity index (χ0) is 13.6. The van der Waals surface area contributed by atoms with Crippen molar-refractivity contribution in [2.45, 2.75) is 6.18 Å². The number of amides is 1. The summed E-state index contributed by atoms with van der Waals surface area (Å²) in [6.45, 7) is -0.680. The van der Waals surface area contributed by atoms with Gasteiger partial charge in [-0.05, 0) is 18.2 Å². The van der Waals surface area contributed by atoms with Crippen LogP contribution in [0, 0.1) is 11.8 Å². The standard InChI is InChI=1S/C12H10F3NO2/c13-12(14,15)10-5-1-3-9(7-10)4-2-6-16-11(18)8-17/h1,3,5,7,17H,6,8H2,(H,16,18). The van der Waals surface area contributed by atoms with Crippen LogP contribution in [0.25, 0.3) is 0 Å². The van der Waals surface area contributed by atoms with Gasteiger partial charge in [0.1, 0.15) is 6.61 Å². The molecule has 2 N–H and O–H groups in total. The lowest BCUT2D eigenvalue weighted by Crippen LogP contribution is -2.26. The molecule has 6 heteroatoms. The van der Waals surface area contributed by atoms with E-state index >= 15 is 0 Å². The van der Waals surface area contributed by atoms with Gasteiger partial charge in [0.05, 0.1) is 12.1 Å². The second-order valence-corrected chi connectivity index (χ2v) is 3.32. The highest BCUT2D eigenvalue weighted by Crippen LogP contribution is 2.29. The van der Waals surface area contributed by atoms with E-state index in [0.717, 1.165) is 12.1 Å². The molecule has 0 aromatic heterocycles. The normalized spacial score (nSPS) is 10.4. The van der Waals surface area contributed by atoms with Gasteiger partial charge in [-0.2, -0.15) is 13.2 Å². The average Bonchev–Trinajstić information content (AvgIpc) is 2.33. The van der Waals surface area contributed by atoms with E-state index in [1.54, 1.807) is 0 Å². The molecule has 0 bridgehead atoms. The third-order valence-electron chi connectivity index (χ3n) is 1.94. The largest absolute Gasteiger partial charge is 0.416 e. The molecule has 0 heterocycles. The molecule has 0 saturated heterocycles. The summed E-state index contributed by atoms with van der Waals surface area (Å²) in [6, 6.07) is 4.59. The Morgan fingerprint density at radius 3 is 2.72 bits per heavy atom. The van der Waals surface area contributed by atoms with Crippen molar-refractivity contribution in [1.29, 1.82) is 0 Å². The first-order valence-electron chi connectivity index (χ1n) is 4.97. The smallest absolute Gasteiger partial charge is 0.387 e. The molecule has 1 rings (SSSR count). The summed E-state index contributed by atoms with van der Waals surface area (Å²) in [5.74, 6) is 4.39. The van der Waals surface area contributed by atoms with Crippen molar-refractivity contribution in [1.82, 2.24) is 5.32 Å². The Morgan fingerprint density at radius 2 is 2.11 bits per heavy atom. The zero-order valence-corrected chi connectivity index (χ0v) is 9.21. The van der Waals surface area contributed by atoms with E-state index in [9.17, 15) is 18.0 Å². The molecule has 1 amide bonds. The minimum absolute atomic E-state index is 0.0321. The maximum absolute atomic E-state index is 12.4. The van der Waals surface area contributed by atoms with Crippen LogP contribution in [0.2, 0.25) is 0 Å². The van der Waals surface area contributed by atoms with Crippen LogP contribution in [0.5, 0.6) is 0 Å². The molecule has 0 saturated carbocycles. The van der Waals surface area contributed by atoms with E-state index in [0.29, 0.717) is 0 Å². The molecule has 0 aliphatic rings. The summed E-state index contributed by atoms with van der Waals surface area (Å²) in [4.78, 5) is 10.6. The van der Waals surface area contributed by atoms with E-state index < -0.39 is 24.3 Å². The number of benzene rings is 1. The molecule has 1 aromatic carbocycles. The van der Waals surface area contributed by atoms with E-state index in [4.69, 9.17) is 5.11 Å². The molecule has 96 valence electrons. The van der Waals surface area contributed by atoms with Crippen LogP contribution in [-0.4, -0.2) is 24.2 Å². The average molecular weight is 257 g/mol. The molecule has 0 aliphatic carbocycles. The van der Waals surface area contributed by atoms with Gasteiger partial charge >= 0.3 is 6.18 Å². The number of nitrogens with one attached hydrogen (secondary N) is 1. The third-order valence-corrected chi connectivity index (χ3v) is 1.94. The number of aliphatic hydroxyl groups is 1. The van der Waals surface area contributed by atoms with Gasteiger partial charge in [-0.3, -0.25) is 4.79 Å². The summed E-state index contributed by atoms with van der Waals surface area (Å²) in [5.41, 5.74) is -0.559. The highest BCUT2D eigenvalue weighted by Gasteiger charge is 2.30. The molecule has 0 spiro atoms. The van der Waals surface area contributed by atoms with Crippen molar-refractivity contribution < 1.29 is 23.1 Å². The zero-order valence-electron chi connectivity index (χ0n) is 9.21. The van der Waals surface area contributed by atoms with Gasteiger partial charge in [0.15, 0.2) is 0 Å². The van der Waals surface area contributed by atoms with Crippen molar-refractivity contribution in [3.05, 3.63) is 35.4 Å². The molecule has 0 radical (unpaired) electrons. The summed E-state index contributed by atoms with van der Waals surface area (Å²) >= 11 is 0. The van der Waals surface area contributed by atoms with E-state index in [-0.39, 0.29) is 12.1 Å². The quantitative estimate of drug-likeness (QED) is 0.781. The maximum atomic E-state index is 12.4. The molecule has 3 nitrogen and oxygen atoms in total. The van der Waals surface area contributed by atoms with Gasteiger partial charge in [-0.1, -0.05) is 17.9 Å². The van der Waals surface area contributed by atoms with Crippen LogP contribution >= 0.6 is 0 Å². The second-order valence-electron chi connectivity index (χ2n) is 3.32. The van der Waals surface area contributed by atoms with Gasteiger partial charge in [0.2, 0.25) is 5.91 Å². The molecule has 1 aromatic rings. The van der Waals surface area contributed by atoms with E-state index in [1.807, 2.05) is 0 Å². The van der Waals surface area contributed by atoms with Crippen molar-refractivity contribution in [2.75, 3.05) is 13.2 Å². The number of carbonyl (C=O) groups is 1. The Kier molecular flexibility index (Phi) is 4.75. The van der Waals surface area contributed by atoms with Gasteiger partial charge < -0.3 is 10.4 Å². The Hall–Kier alpha value is -2.00. The first-order valence-corrected chi connectivity index (χ1v) is 4.97. The number of carbonyl (C=O) groups excluding carboxylic acids is 1.